The van der Waals surface area contributed by atoms with E-state index in [1.165, 1.54) is 0 Å². The van der Waals surface area contributed by atoms with Gasteiger partial charge < -0.3 is 5.73 Å². The molecule has 0 radical (unpaired) electrons. The van der Waals surface area contributed by atoms with Crippen LogP contribution >= 0.6 is 0 Å². The number of aromatic nitrogens is 2. The first-order valence-corrected chi connectivity index (χ1v) is 2.56. The smallest absolute Gasteiger partial charge is 0.223 e. The number of nitrogens with one attached hydrogen (secondary N) is 1. The fourth-order valence-corrected chi connectivity index (χ4v) is 0.568. The van der Waals surface area contributed by atoms with E-state index >= 15 is 0 Å². The van der Waals surface area contributed by atoms with E-state index in [4.69, 9.17) is 5.73 Å². The SMILES string of the molecule is NC(=O)Cc1cc[nH]n1. The summed E-state index contributed by atoms with van der Waals surface area (Å²) in [5, 5.41) is 6.31. The van der Waals surface area contributed by atoms with Gasteiger partial charge in [0.2, 0.25) is 5.91 Å². The topological polar surface area (TPSA) is 71.8 Å². The molecule has 0 aliphatic rings. The number of carbonyl (C=O) groups is 1. The summed E-state index contributed by atoms with van der Waals surface area (Å²) in [6, 6.07) is 1.71. The summed E-state index contributed by atoms with van der Waals surface area (Å²) in [5.41, 5.74) is 5.57. The number of nitrogens with zero attached hydrogens (tertiary/aromatic N) is 1. The first-order valence-electron chi connectivity index (χ1n) is 2.56. The van der Waals surface area contributed by atoms with Crippen LogP contribution in [0.3, 0.4) is 0 Å². The maximum Gasteiger partial charge on any atom is 0.223 e. The zero-order chi connectivity index (χ0) is 6.69. The van der Waals surface area contributed by atoms with Crippen molar-refractivity contribution in [3.05, 3.63) is 18.0 Å². The number of hydrogen-bond donors (Lipinski definition) is 2. The molecule has 0 aliphatic carbocycles. The maximum atomic E-state index is 10.2. The van der Waals surface area contributed by atoms with Crippen LogP contribution in [-0.2, 0) is 11.2 Å². The van der Waals surface area contributed by atoms with Crippen LogP contribution in [0, 0.1) is 0 Å². The number of nitrogens with two attached hydrogens (primary N) is 1. The molecule has 0 aliphatic heterocycles. The Hall–Kier alpha value is -1.32. The van der Waals surface area contributed by atoms with E-state index in [-0.39, 0.29) is 12.3 Å². The number of primary amides is 1. The minimum atomic E-state index is -0.359. The van der Waals surface area contributed by atoms with Gasteiger partial charge in [-0.25, -0.2) is 0 Å². The van der Waals surface area contributed by atoms with Gasteiger partial charge >= 0.3 is 0 Å². The Morgan fingerprint density at radius 2 is 2.67 bits per heavy atom. The van der Waals surface area contributed by atoms with Crippen molar-refractivity contribution in [1.82, 2.24) is 10.2 Å². The van der Waals surface area contributed by atoms with Gasteiger partial charge in [-0.15, -0.1) is 0 Å². The van der Waals surface area contributed by atoms with E-state index in [1.54, 1.807) is 12.3 Å². The second kappa shape index (κ2) is 2.30. The predicted octanol–water partition coefficient (Wildman–Crippen LogP) is -0.563. The third-order valence-corrected chi connectivity index (χ3v) is 0.914. The molecule has 1 heterocycles. The summed E-state index contributed by atoms with van der Waals surface area (Å²) in [5.74, 6) is -0.359. The third kappa shape index (κ3) is 1.56. The standard InChI is InChI=1S/C5H7N3O/c6-5(9)3-4-1-2-7-8-4/h1-2H,3H2,(H2,6,9)(H,7,8). The second-order valence-electron chi connectivity index (χ2n) is 1.71. The zero-order valence-electron chi connectivity index (χ0n) is 4.79. The number of hydrogen-bond acceptors (Lipinski definition) is 2. The summed E-state index contributed by atoms with van der Waals surface area (Å²) >= 11 is 0. The Kier molecular flexibility index (Phi) is 1.48. The molecule has 4 nitrogen and oxygen atoms in total. The summed E-state index contributed by atoms with van der Waals surface area (Å²) in [6.45, 7) is 0. The average molecular weight is 125 g/mol. The van der Waals surface area contributed by atoms with Crippen molar-refractivity contribution < 1.29 is 4.79 Å². The highest BCUT2D eigenvalue weighted by Crippen LogP contribution is 1.90. The van der Waals surface area contributed by atoms with E-state index in [0.717, 1.165) is 0 Å². The molecular formula is C5H7N3O. The van der Waals surface area contributed by atoms with Gasteiger partial charge in [-0.05, 0) is 6.07 Å². The van der Waals surface area contributed by atoms with Crippen LogP contribution in [-0.4, -0.2) is 16.1 Å². The Labute approximate surface area is 52.1 Å². The van der Waals surface area contributed by atoms with Crippen molar-refractivity contribution >= 4 is 5.91 Å². The van der Waals surface area contributed by atoms with Crippen LogP contribution in [0.2, 0.25) is 0 Å². The lowest BCUT2D eigenvalue weighted by molar-refractivity contribution is -0.117. The maximum absolute atomic E-state index is 10.2. The lowest BCUT2D eigenvalue weighted by atomic mass is 10.3. The van der Waals surface area contributed by atoms with Crippen LogP contribution in [0.1, 0.15) is 5.69 Å². The van der Waals surface area contributed by atoms with Gasteiger partial charge in [0.1, 0.15) is 0 Å². The average Bonchev–Trinajstić information content (AvgIpc) is 2.15. The molecule has 1 aromatic rings. The number of carbonyl (C=O) groups excluding carboxylic acids is 1. The highest BCUT2D eigenvalue weighted by Gasteiger charge is 1.97. The molecule has 0 saturated carbocycles. The van der Waals surface area contributed by atoms with E-state index in [0.29, 0.717) is 5.69 Å². The molecule has 0 spiro atoms. The Morgan fingerprint density at radius 3 is 3.11 bits per heavy atom. The number of H-pyrrole nitrogens is 1. The van der Waals surface area contributed by atoms with Crippen molar-refractivity contribution in [3.63, 3.8) is 0 Å². The van der Waals surface area contributed by atoms with Gasteiger partial charge in [-0.2, -0.15) is 5.10 Å². The molecule has 48 valence electrons. The molecule has 0 atom stereocenters. The Morgan fingerprint density at radius 1 is 1.89 bits per heavy atom. The third-order valence-electron chi connectivity index (χ3n) is 0.914. The molecule has 0 unspecified atom stereocenters. The monoisotopic (exact) mass is 125 g/mol. The van der Waals surface area contributed by atoms with Crippen LogP contribution in [0.15, 0.2) is 12.3 Å². The molecule has 1 rings (SSSR count). The van der Waals surface area contributed by atoms with Gasteiger partial charge in [0.05, 0.1) is 12.1 Å². The van der Waals surface area contributed by atoms with E-state index in [2.05, 4.69) is 10.2 Å². The lowest BCUT2D eigenvalue weighted by Gasteiger charge is -1.85. The summed E-state index contributed by atoms with van der Waals surface area (Å²) < 4.78 is 0. The summed E-state index contributed by atoms with van der Waals surface area (Å²) in [6.07, 6.45) is 1.86. The Balaban J connectivity index is 2.58. The Bertz CT molecular complexity index is 192. The fraction of sp³-hybridized carbons (Fsp3) is 0.200. The number of amides is 1. The van der Waals surface area contributed by atoms with Crippen molar-refractivity contribution in [2.45, 2.75) is 6.42 Å². The van der Waals surface area contributed by atoms with E-state index in [9.17, 15) is 4.79 Å². The van der Waals surface area contributed by atoms with Crippen molar-refractivity contribution in [1.29, 1.82) is 0 Å². The van der Waals surface area contributed by atoms with Gasteiger partial charge in [0, 0.05) is 6.20 Å². The molecule has 4 heteroatoms. The van der Waals surface area contributed by atoms with Gasteiger partial charge in [-0.3, -0.25) is 9.89 Å². The minimum Gasteiger partial charge on any atom is -0.369 e. The first kappa shape index (κ1) is 5.81. The van der Waals surface area contributed by atoms with Gasteiger partial charge in [0.15, 0.2) is 0 Å². The van der Waals surface area contributed by atoms with Crippen molar-refractivity contribution in [2.24, 2.45) is 5.73 Å². The first-order chi connectivity index (χ1) is 4.29. The van der Waals surface area contributed by atoms with Crippen LogP contribution in [0.5, 0.6) is 0 Å². The zero-order valence-corrected chi connectivity index (χ0v) is 4.79. The normalized spacial score (nSPS) is 9.33. The molecule has 3 N–H and O–H groups in total. The van der Waals surface area contributed by atoms with E-state index < -0.39 is 0 Å². The highest BCUT2D eigenvalue weighted by molar-refractivity contribution is 5.75. The summed E-state index contributed by atoms with van der Waals surface area (Å²) in [4.78, 5) is 10.2. The molecule has 1 amide bonds. The molecular weight excluding hydrogens is 118 g/mol. The molecule has 0 bridgehead atoms. The van der Waals surface area contributed by atoms with Crippen molar-refractivity contribution in [2.75, 3.05) is 0 Å². The minimum absolute atomic E-state index is 0.212. The quantitative estimate of drug-likeness (QED) is 0.556. The molecule has 0 aromatic carbocycles. The van der Waals surface area contributed by atoms with Gasteiger partial charge in [-0.1, -0.05) is 0 Å². The number of aromatic amines is 1. The molecule has 1 aromatic heterocycles. The molecule has 0 fully saturated rings. The molecule has 9 heavy (non-hydrogen) atoms. The fourth-order valence-electron chi connectivity index (χ4n) is 0.568. The van der Waals surface area contributed by atoms with Crippen LogP contribution in [0.25, 0.3) is 0 Å². The lowest BCUT2D eigenvalue weighted by Crippen LogP contribution is -2.13. The largest absolute Gasteiger partial charge is 0.369 e. The van der Waals surface area contributed by atoms with Gasteiger partial charge in [0.25, 0.3) is 0 Å². The van der Waals surface area contributed by atoms with Crippen LogP contribution < -0.4 is 5.73 Å². The number of rotatable bonds is 2. The molecule has 0 saturated heterocycles. The van der Waals surface area contributed by atoms with E-state index in [1.807, 2.05) is 0 Å². The highest BCUT2D eigenvalue weighted by atomic mass is 16.1. The van der Waals surface area contributed by atoms with Crippen molar-refractivity contribution in [3.8, 4) is 0 Å². The van der Waals surface area contributed by atoms with Crippen LogP contribution in [0.4, 0.5) is 0 Å². The second-order valence-corrected chi connectivity index (χ2v) is 1.71. The predicted molar refractivity (Wildman–Crippen MR) is 31.5 cm³/mol. The summed E-state index contributed by atoms with van der Waals surface area (Å²) in [7, 11) is 0.